The predicted octanol–water partition coefficient (Wildman–Crippen LogP) is 3.65. The molecule has 0 atom stereocenters. The van der Waals surface area contributed by atoms with Crippen molar-refractivity contribution in [3.05, 3.63) is 23.2 Å². The van der Waals surface area contributed by atoms with Gasteiger partial charge in [0, 0.05) is 4.90 Å². The number of nitrogens with two attached hydrogens (primary N) is 1. The molecule has 0 fully saturated rings. The number of nitrogens with zero attached hydrogens (tertiary/aromatic N) is 1. The number of benzene rings is 1. The maximum Gasteiger partial charge on any atom is 0.0948 e. The van der Waals surface area contributed by atoms with E-state index in [1.54, 1.807) is 11.3 Å². The summed E-state index contributed by atoms with van der Waals surface area (Å²) in [6.07, 6.45) is 5.92. The van der Waals surface area contributed by atoms with Gasteiger partial charge in [0.05, 0.1) is 15.2 Å². The molecule has 0 aliphatic rings. The fourth-order valence-electron chi connectivity index (χ4n) is 1.86. The number of para-hydroxylation sites is 1. The second-order valence-electron chi connectivity index (χ2n) is 4.18. The Morgan fingerprint density at radius 2 is 2.00 bits per heavy atom. The summed E-state index contributed by atoms with van der Waals surface area (Å²) in [5.74, 6) is 0. The summed E-state index contributed by atoms with van der Waals surface area (Å²) in [5, 5.41) is 1.23. The van der Waals surface area contributed by atoms with E-state index in [1.165, 1.54) is 29.0 Å². The first-order chi connectivity index (χ1) is 8.31. The molecule has 1 aromatic heterocycles. The highest BCUT2D eigenvalue weighted by Crippen LogP contribution is 2.27. The molecule has 4 heteroatoms. The van der Waals surface area contributed by atoms with Crippen LogP contribution in [0.2, 0.25) is 0 Å². The van der Waals surface area contributed by atoms with E-state index < -0.39 is 0 Å². The van der Waals surface area contributed by atoms with Gasteiger partial charge in [-0.1, -0.05) is 18.9 Å². The Labute approximate surface area is 112 Å². The summed E-state index contributed by atoms with van der Waals surface area (Å²) < 4.78 is 1.24. The van der Waals surface area contributed by atoms with Crippen molar-refractivity contribution >= 4 is 34.2 Å². The van der Waals surface area contributed by atoms with E-state index in [0.717, 1.165) is 29.8 Å². The zero-order chi connectivity index (χ0) is 12.1. The summed E-state index contributed by atoms with van der Waals surface area (Å²) in [4.78, 5) is 5.63. The van der Waals surface area contributed by atoms with Crippen molar-refractivity contribution in [1.29, 1.82) is 0 Å². The average molecular weight is 266 g/mol. The molecule has 2 nitrogen and oxygen atoms in total. The standard InChI is InChI=1S/C13H18N2S2/c14-9-4-2-1-3-8-12-15-13-10(16)6-5-7-11(13)17-12/h5-7,16H,1-4,8-9,14H2. The summed E-state index contributed by atoms with van der Waals surface area (Å²) in [6.45, 7) is 0.810. The molecular formula is C13H18N2S2. The van der Waals surface area contributed by atoms with Gasteiger partial charge in [-0.15, -0.1) is 24.0 Å². The van der Waals surface area contributed by atoms with Gasteiger partial charge in [0.15, 0.2) is 0 Å². The molecule has 2 aromatic rings. The quantitative estimate of drug-likeness (QED) is 0.619. The number of rotatable bonds is 6. The van der Waals surface area contributed by atoms with Crippen molar-refractivity contribution in [1.82, 2.24) is 4.98 Å². The SMILES string of the molecule is NCCCCCCc1nc2c(S)cccc2s1. The number of unbranched alkanes of at least 4 members (excludes halogenated alkanes) is 3. The van der Waals surface area contributed by atoms with Crippen LogP contribution in [0.1, 0.15) is 30.7 Å². The molecule has 0 saturated carbocycles. The van der Waals surface area contributed by atoms with E-state index in [1.807, 2.05) is 12.1 Å². The van der Waals surface area contributed by atoms with Crippen molar-refractivity contribution in [2.24, 2.45) is 5.73 Å². The maximum atomic E-state index is 5.47. The van der Waals surface area contributed by atoms with Crippen molar-refractivity contribution in [3.63, 3.8) is 0 Å². The van der Waals surface area contributed by atoms with Gasteiger partial charge >= 0.3 is 0 Å². The highest BCUT2D eigenvalue weighted by molar-refractivity contribution is 7.80. The largest absolute Gasteiger partial charge is 0.330 e. The minimum Gasteiger partial charge on any atom is -0.330 e. The van der Waals surface area contributed by atoms with Crippen LogP contribution >= 0.6 is 24.0 Å². The molecule has 2 N–H and O–H groups in total. The highest BCUT2D eigenvalue weighted by atomic mass is 32.1. The molecule has 17 heavy (non-hydrogen) atoms. The molecule has 0 saturated heterocycles. The van der Waals surface area contributed by atoms with Gasteiger partial charge < -0.3 is 5.73 Å². The number of thiol groups is 1. The Morgan fingerprint density at radius 1 is 1.18 bits per heavy atom. The summed E-state index contributed by atoms with van der Waals surface area (Å²) >= 11 is 6.22. The molecule has 1 aromatic carbocycles. The van der Waals surface area contributed by atoms with Gasteiger partial charge in [-0.2, -0.15) is 0 Å². The first-order valence-electron chi connectivity index (χ1n) is 6.08. The minimum absolute atomic E-state index is 0.810. The van der Waals surface area contributed by atoms with Gasteiger partial charge in [-0.3, -0.25) is 0 Å². The lowest BCUT2D eigenvalue weighted by Gasteiger charge is -1.97. The molecule has 2 rings (SSSR count). The van der Waals surface area contributed by atoms with Crippen LogP contribution in [0, 0.1) is 0 Å². The van der Waals surface area contributed by atoms with Crippen molar-refractivity contribution in [2.45, 2.75) is 37.0 Å². The minimum atomic E-state index is 0.810. The Bertz CT molecular complexity index is 479. The molecule has 0 aliphatic heterocycles. The molecule has 0 unspecified atom stereocenters. The van der Waals surface area contributed by atoms with Gasteiger partial charge in [0.1, 0.15) is 0 Å². The van der Waals surface area contributed by atoms with Crippen molar-refractivity contribution in [2.75, 3.05) is 6.54 Å². The van der Waals surface area contributed by atoms with Crippen LogP contribution in [-0.2, 0) is 6.42 Å². The Morgan fingerprint density at radius 3 is 2.76 bits per heavy atom. The summed E-state index contributed by atoms with van der Waals surface area (Å²) in [7, 11) is 0. The third kappa shape index (κ3) is 3.44. The van der Waals surface area contributed by atoms with Crippen LogP contribution in [0.5, 0.6) is 0 Å². The van der Waals surface area contributed by atoms with Crippen molar-refractivity contribution < 1.29 is 0 Å². The second-order valence-corrected chi connectivity index (χ2v) is 5.78. The fraction of sp³-hybridized carbons (Fsp3) is 0.462. The van der Waals surface area contributed by atoms with Crippen molar-refractivity contribution in [3.8, 4) is 0 Å². The monoisotopic (exact) mass is 266 g/mol. The van der Waals surface area contributed by atoms with Gasteiger partial charge in [-0.25, -0.2) is 4.98 Å². The Kier molecular flexibility index (Phi) is 4.83. The lowest BCUT2D eigenvalue weighted by atomic mass is 10.1. The highest BCUT2D eigenvalue weighted by Gasteiger charge is 2.05. The zero-order valence-electron chi connectivity index (χ0n) is 9.85. The van der Waals surface area contributed by atoms with Gasteiger partial charge in [0.25, 0.3) is 0 Å². The number of fused-ring (bicyclic) bond motifs is 1. The molecule has 0 amide bonds. The zero-order valence-corrected chi connectivity index (χ0v) is 11.6. The number of thiazole rings is 1. The summed E-state index contributed by atoms with van der Waals surface area (Å²) in [5.41, 5.74) is 6.52. The van der Waals surface area contributed by atoms with E-state index in [4.69, 9.17) is 5.73 Å². The molecule has 0 spiro atoms. The Hall–Kier alpha value is -0.580. The van der Waals surface area contributed by atoms with E-state index >= 15 is 0 Å². The topological polar surface area (TPSA) is 38.9 Å². The predicted molar refractivity (Wildman–Crippen MR) is 78.1 cm³/mol. The maximum absolute atomic E-state index is 5.47. The third-order valence-corrected chi connectivity index (χ3v) is 4.23. The smallest absolute Gasteiger partial charge is 0.0948 e. The summed E-state index contributed by atoms with van der Waals surface area (Å²) in [6, 6.07) is 6.15. The van der Waals surface area contributed by atoms with Crippen LogP contribution in [0.4, 0.5) is 0 Å². The molecular weight excluding hydrogens is 248 g/mol. The molecule has 1 heterocycles. The van der Waals surface area contributed by atoms with E-state index in [0.29, 0.717) is 0 Å². The number of aromatic nitrogens is 1. The van der Waals surface area contributed by atoms with Gasteiger partial charge in [-0.05, 0) is 37.9 Å². The fourth-order valence-corrected chi connectivity index (χ4v) is 3.23. The molecule has 0 aliphatic carbocycles. The molecule has 92 valence electrons. The van der Waals surface area contributed by atoms with Crippen LogP contribution in [0.25, 0.3) is 10.2 Å². The van der Waals surface area contributed by atoms with E-state index in [2.05, 4.69) is 23.7 Å². The first-order valence-corrected chi connectivity index (χ1v) is 7.35. The lowest BCUT2D eigenvalue weighted by molar-refractivity contribution is 0.646. The van der Waals surface area contributed by atoms with Crippen LogP contribution in [0.15, 0.2) is 23.1 Å². The number of aryl methyl sites for hydroxylation is 1. The van der Waals surface area contributed by atoms with Crippen LogP contribution in [-0.4, -0.2) is 11.5 Å². The van der Waals surface area contributed by atoms with E-state index in [-0.39, 0.29) is 0 Å². The Balaban J connectivity index is 1.93. The normalized spacial score (nSPS) is 11.2. The number of hydrogen-bond donors (Lipinski definition) is 2. The van der Waals surface area contributed by atoms with Gasteiger partial charge in [0.2, 0.25) is 0 Å². The average Bonchev–Trinajstić information content (AvgIpc) is 2.73. The first kappa shape index (κ1) is 12.9. The second kappa shape index (κ2) is 6.38. The van der Waals surface area contributed by atoms with E-state index in [9.17, 15) is 0 Å². The molecule has 0 radical (unpaired) electrons. The van der Waals surface area contributed by atoms with Crippen LogP contribution < -0.4 is 5.73 Å². The third-order valence-electron chi connectivity index (χ3n) is 2.79. The lowest BCUT2D eigenvalue weighted by Crippen LogP contribution is -1.97. The molecule has 0 bridgehead atoms. The number of hydrogen-bond acceptors (Lipinski definition) is 4. The van der Waals surface area contributed by atoms with Crippen LogP contribution in [0.3, 0.4) is 0 Å².